The van der Waals surface area contributed by atoms with Crippen molar-refractivity contribution in [2.45, 2.75) is 13.8 Å². The lowest BCUT2D eigenvalue weighted by atomic mass is 9.67. The first-order valence-corrected chi connectivity index (χ1v) is 19.2. The van der Waals surface area contributed by atoms with Crippen LogP contribution in [0.25, 0.3) is 44.7 Å². The molecule has 7 aromatic carbocycles. The molecule has 3 heterocycles. The maximum atomic E-state index is 6.68. The van der Waals surface area contributed by atoms with Gasteiger partial charge in [-0.2, -0.15) is 0 Å². The second-order valence-corrected chi connectivity index (χ2v) is 14.3. The van der Waals surface area contributed by atoms with E-state index < -0.39 is 0 Å². The lowest BCUT2D eigenvalue weighted by molar-refractivity contribution is -0.571. The Hall–Kier alpha value is -7.38. The van der Waals surface area contributed by atoms with Crippen molar-refractivity contribution in [3.63, 3.8) is 0 Å². The fourth-order valence-corrected chi connectivity index (χ4v) is 8.02. The summed E-state index contributed by atoms with van der Waals surface area (Å²) < 4.78 is 17.7. The summed E-state index contributed by atoms with van der Waals surface area (Å²) in [6, 6.07) is 62.6. The molecular weight excluding hydrogens is 699 g/mol. The standard InChI is InChI=1S/C50H37BN4O2/c1-35-16-13-17-36(2)49(35)51-55(48-28-11-12-31-52-48)46-33-41(29-30-47(46)57-51)56-40-23-14-22-39(32-40)53-34-54(45-27-10-9-26-44(45)53)50-42(37-18-5-3-6-19-37)24-15-25-43(50)38-20-7-4-8-21-38/h3-33H,1-2H3. The minimum absolute atomic E-state index is 0.367. The predicted molar refractivity (Wildman–Crippen MR) is 229 cm³/mol. The third-order valence-electron chi connectivity index (χ3n) is 10.7. The number of benzene rings is 7. The Morgan fingerprint density at radius 3 is 1.98 bits per heavy atom. The minimum atomic E-state index is -0.367. The van der Waals surface area contributed by atoms with Crippen LogP contribution in [-0.2, 0) is 0 Å². The van der Waals surface area contributed by atoms with Crippen molar-refractivity contribution in [1.82, 2.24) is 9.55 Å². The fourth-order valence-electron chi connectivity index (χ4n) is 8.02. The summed E-state index contributed by atoms with van der Waals surface area (Å²) in [7, 11) is -0.367. The highest BCUT2D eigenvalue weighted by Crippen LogP contribution is 2.43. The highest BCUT2D eigenvalue weighted by atomic mass is 16.5. The summed E-state index contributed by atoms with van der Waals surface area (Å²) in [6.45, 7) is 4.26. The van der Waals surface area contributed by atoms with Crippen LogP contribution in [0, 0.1) is 20.2 Å². The SMILES string of the molecule is Cc1cccc(C)c1B1Oc2ccc(Oc3cccc(-n4[c-][n+](-c5c(-c6ccccc6)cccc5-c5ccccc5)c5ccccc54)c3)cc2N1c1ccccn1. The van der Waals surface area contributed by atoms with E-state index in [0.717, 1.165) is 78.5 Å². The molecule has 0 spiro atoms. The van der Waals surface area contributed by atoms with Gasteiger partial charge < -0.3 is 14.2 Å². The van der Waals surface area contributed by atoms with Gasteiger partial charge in [0, 0.05) is 12.3 Å². The molecule has 6 nitrogen and oxygen atoms in total. The smallest absolute Gasteiger partial charge is 0.526 e. The van der Waals surface area contributed by atoms with E-state index in [2.05, 4.69) is 168 Å². The van der Waals surface area contributed by atoms with Gasteiger partial charge in [0.25, 0.3) is 6.33 Å². The van der Waals surface area contributed by atoms with E-state index in [0.29, 0.717) is 11.5 Å². The third kappa shape index (κ3) is 6.20. The van der Waals surface area contributed by atoms with E-state index in [4.69, 9.17) is 14.4 Å². The van der Waals surface area contributed by atoms with Crippen LogP contribution in [0.3, 0.4) is 0 Å². The number of para-hydroxylation sites is 3. The number of hydrogen-bond donors (Lipinski definition) is 0. The first-order valence-electron chi connectivity index (χ1n) is 19.2. The molecule has 0 atom stereocenters. The lowest BCUT2D eigenvalue weighted by Gasteiger charge is -2.23. The number of nitrogens with zero attached hydrogens (tertiary/aromatic N) is 4. The average Bonchev–Trinajstić information content (AvgIpc) is 3.83. The van der Waals surface area contributed by atoms with Gasteiger partial charge in [-0.15, -0.1) is 0 Å². The van der Waals surface area contributed by atoms with Crippen molar-refractivity contribution in [3.8, 4) is 50.9 Å². The van der Waals surface area contributed by atoms with Gasteiger partial charge in [-0.25, -0.2) is 4.98 Å². The van der Waals surface area contributed by atoms with E-state index >= 15 is 0 Å². The normalized spacial score (nSPS) is 12.1. The Bertz CT molecular complexity index is 2820. The summed E-state index contributed by atoms with van der Waals surface area (Å²) in [4.78, 5) is 6.90. The Morgan fingerprint density at radius 1 is 0.614 bits per heavy atom. The number of aromatic nitrogens is 3. The number of pyridine rings is 1. The van der Waals surface area contributed by atoms with Gasteiger partial charge in [-0.05, 0) is 84.0 Å². The van der Waals surface area contributed by atoms with E-state index in [1.807, 2.05) is 54.7 Å². The Kier molecular flexibility index (Phi) is 8.60. The van der Waals surface area contributed by atoms with Crippen molar-refractivity contribution in [3.05, 3.63) is 206 Å². The Morgan fingerprint density at radius 2 is 1.26 bits per heavy atom. The van der Waals surface area contributed by atoms with Crippen molar-refractivity contribution in [2.24, 2.45) is 0 Å². The zero-order chi connectivity index (χ0) is 38.3. The first kappa shape index (κ1) is 34.1. The lowest BCUT2D eigenvalue weighted by Crippen LogP contribution is -2.49. The summed E-state index contributed by atoms with van der Waals surface area (Å²) in [5.41, 5.74) is 12.9. The number of aryl methyl sites for hydroxylation is 2. The molecule has 0 saturated heterocycles. The molecule has 0 N–H and O–H groups in total. The summed E-state index contributed by atoms with van der Waals surface area (Å²) in [6.07, 6.45) is 5.58. The summed E-state index contributed by atoms with van der Waals surface area (Å²) >= 11 is 0. The number of ether oxygens (including phenoxy) is 1. The van der Waals surface area contributed by atoms with Gasteiger partial charge in [0.05, 0.1) is 28.1 Å². The molecule has 0 fully saturated rings. The molecule has 0 amide bonds. The van der Waals surface area contributed by atoms with Crippen LogP contribution in [0.4, 0.5) is 11.5 Å². The molecule has 0 radical (unpaired) electrons. The predicted octanol–water partition coefficient (Wildman–Crippen LogP) is 10.8. The summed E-state index contributed by atoms with van der Waals surface area (Å²) in [5, 5.41) is 0. The van der Waals surface area contributed by atoms with Crippen LogP contribution in [0.15, 0.2) is 188 Å². The molecular formula is C50H37BN4O2. The Labute approximate surface area is 332 Å². The fraction of sp³-hybridized carbons (Fsp3) is 0.0400. The highest BCUT2D eigenvalue weighted by molar-refractivity contribution is 6.75. The molecule has 57 heavy (non-hydrogen) atoms. The zero-order valence-electron chi connectivity index (χ0n) is 31.6. The number of hydrogen-bond acceptors (Lipinski definition) is 4. The number of fused-ring (bicyclic) bond motifs is 2. The molecule has 0 aliphatic carbocycles. The number of anilines is 2. The second kappa shape index (κ2) is 14.4. The van der Waals surface area contributed by atoms with E-state index in [1.165, 1.54) is 0 Å². The van der Waals surface area contributed by atoms with Gasteiger partial charge in [0.2, 0.25) is 0 Å². The average molecular weight is 737 g/mol. The number of imidazole rings is 1. The molecule has 1 aliphatic heterocycles. The van der Waals surface area contributed by atoms with Crippen LogP contribution < -0.4 is 24.2 Å². The summed E-state index contributed by atoms with van der Waals surface area (Å²) in [5.74, 6) is 2.97. The molecule has 0 saturated carbocycles. The molecule has 7 heteroatoms. The molecule has 0 unspecified atom stereocenters. The van der Waals surface area contributed by atoms with E-state index in [1.54, 1.807) is 0 Å². The topological polar surface area (TPSA) is 43.4 Å². The maximum Gasteiger partial charge on any atom is 0.526 e. The van der Waals surface area contributed by atoms with Crippen LogP contribution in [0.1, 0.15) is 11.1 Å². The van der Waals surface area contributed by atoms with Gasteiger partial charge in [0.1, 0.15) is 23.1 Å². The van der Waals surface area contributed by atoms with Crippen molar-refractivity contribution >= 4 is 35.1 Å². The van der Waals surface area contributed by atoms with Crippen molar-refractivity contribution < 1.29 is 14.0 Å². The van der Waals surface area contributed by atoms with Gasteiger partial charge in [-0.3, -0.25) is 9.13 Å². The molecule has 272 valence electrons. The highest BCUT2D eigenvalue weighted by Gasteiger charge is 2.42. The van der Waals surface area contributed by atoms with E-state index in [-0.39, 0.29) is 7.05 Å². The van der Waals surface area contributed by atoms with Gasteiger partial charge in [0.15, 0.2) is 0 Å². The molecule has 1 aliphatic rings. The van der Waals surface area contributed by atoms with Crippen LogP contribution >= 0.6 is 0 Å². The molecule has 2 aromatic heterocycles. The molecule has 0 bridgehead atoms. The third-order valence-corrected chi connectivity index (χ3v) is 10.7. The monoisotopic (exact) mass is 736 g/mol. The van der Waals surface area contributed by atoms with Gasteiger partial charge in [-0.1, -0.05) is 145 Å². The maximum absolute atomic E-state index is 6.68. The van der Waals surface area contributed by atoms with Crippen LogP contribution in [-0.4, -0.2) is 16.6 Å². The zero-order valence-corrected chi connectivity index (χ0v) is 31.6. The van der Waals surface area contributed by atoms with Crippen molar-refractivity contribution in [2.75, 3.05) is 4.81 Å². The minimum Gasteiger partial charge on any atom is -0.536 e. The number of rotatable bonds is 8. The quantitative estimate of drug-likeness (QED) is 0.0885. The largest absolute Gasteiger partial charge is 0.536 e. The van der Waals surface area contributed by atoms with E-state index in [9.17, 15) is 0 Å². The van der Waals surface area contributed by atoms with Crippen LogP contribution in [0.2, 0.25) is 0 Å². The second-order valence-electron chi connectivity index (χ2n) is 14.3. The Balaban J connectivity index is 1.05. The van der Waals surface area contributed by atoms with Gasteiger partial charge >= 0.3 is 7.05 Å². The molecule has 10 rings (SSSR count). The first-order chi connectivity index (χ1) is 28.1. The molecule has 9 aromatic rings. The van der Waals surface area contributed by atoms with Crippen molar-refractivity contribution in [1.29, 1.82) is 0 Å². The van der Waals surface area contributed by atoms with Crippen LogP contribution in [0.5, 0.6) is 17.2 Å².